The fraction of sp³-hybridized carbons (Fsp3) is 1.00. The summed E-state index contributed by atoms with van der Waals surface area (Å²) in [6, 6.07) is 0.588. The summed E-state index contributed by atoms with van der Waals surface area (Å²) in [6.45, 7) is 6.97. The first-order valence-corrected chi connectivity index (χ1v) is 5.72. The van der Waals surface area contributed by atoms with Gasteiger partial charge in [0.25, 0.3) is 0 Å². The maximum atomic E-state index is 5.72. The molecule has 1 saturated carbocycles. The van der Waals surface area contributed by atoms with Crippen LogP contribution in [0.3, 0.4) is 0 Å². The maximum absolute atomic E-state index is 5.72. The molecule has 1 heterocycles. The van der Waals surface area contributed by atoms with Gasteiger partial charge in [-0.25, -0.2) is 0 Å². The number of morpholine rings is 1. The molecule has 0 bridgehead atoms. The monoisotopic (exact) mass is 199 g/mol. The molecule has 0 amide bonds. The SMILES string of the molecule is CC(C)OCC1CC2NCCOC2C1. The van der Waals surface area contributed by atoms with Crippen LogP contribution in [-0.4, -0.2) is 38.0 Å². The zero-order valence-electron chi connectivity index (χ0n) is 9.16. The molecular formula is C11H21NO2. The summed E-state index contributed by atoms with van der Waals surface area (Å²) in [5, 5.41) is 3.52. The van der Waals surface area contributed by atoms with Crippen LogP contribution in [0.2, 0.25) is 0 Å². The molecule has 1 N–H and O–H groups in total. The van der Waals surface area contributed by atoms with Gasteiger partial charge in [0.1, 0.15) is 0 Å². The zero-order valence-corrected chi connectivity index (χ0v) is 9.16. The van der Waals surface area contributed by atoms with Crippen molar-refractivity contribution < 1.29 is 9.47 Å². The van der Waals surface area contributed by atoms with Crippen molar-refractivity contribution in [3.05, 3.63) is 0 Å². The van der Waals surface area contributed by atoms with Crippen molar-refractivity contribution in [3.63, 3.8) is 0 Å². The molecule has 2 rings (SSSR count). The molecule has 3 nitrogen and oxygen atoms in total. The minimum atomic E-state index is 0.353. The maximum Gasteiger partial charge on any atom is 0.0732 e. The van der Waals surface area contributed by atoms with Gasteiger partial charge in [-0.05, 0) is 32.6 Å². The summed E-state index contributed by atoms with van der Waals surface area (Å²) in [4.78, 5) is 0. The van der Waals surface area contributed by atoms with Gasteiger partial charge in [0.2, 0.25) is 0 Å². The molecule has 14 heavy (non-hydrogen) atoms. The lowest BCUT2D eigenvalue weighted by Gasteiger charge is -2.26. The molecular weight excluding hydrogens is 178 g/mol. The molecule has 0 spiro atoms. The van der Waals surface area contributed by atoms with Crippen molar-refractivity contribution in [1.29, 1.82) is 0 Å². The third-order valence-electron chi connectivity index (χ3n) is 3.11. The Bertz CT molecular complexity index is 170. The lowest BCUT2D eigenvalue weighted by molar-refractivity contribution is 0.00627. The number of ether oxygens (including phenoxy) is 2. The van der Waals surface area contributed by atoms with E-state index < -0.39 is 0 Å². The van der Waals surface area contributed by atoms with Gasteiger partial charge >= 0.3 is 0 Å². The van der Waals surface area contributed by atoms with E-state index in [9.17, 15) is 0 Å². The Morgan fingerprint density at radius 2 is 2.29 bits per heavy atom. The van der Waals surface area contributed by atoms with E-state index in [0.717, 1.165) is 19.8 Å². The molecule has 0 aromatic heterocycles. The van der Waals surface area contributed by atoms with Crippen LogP contribution < -0.4 is 5.32 Å². The van der Waals surface area contributed by atoms with Crippen molar-refractivity contribution in [2.45, 2.75) is 44.9 Å². The summed E-state index contributed by atoms with van der Waals surface area (Å²) in [6.07, 6.45) is 3.19. The fourth-order valence-corrected chi connectivity index (χ4v) is 2.42. The van der Waals surface area contributed by atoms with Crippen molar-refractivity contribution in [1.82, 2.24) is 5.32 Å². The Labute approximate surface area is 86.2 Å². The third-order valence-corrected chi connectivity index (χ3v) is 3.11. The van der Waals surface area contributed by atoms with Crippen molar-refractivity contribution in [3.8, 4) is 0 Å². The highest BCUT2D eigenvalue weighted by Gasteiger charge is 2.36. The molecule has 1 aliphatic carbocycles. The summed E-state index contributed by atoms with van der Waals surface area (Å²) in [7, 11) is 0. The van der Waals surface area contributed by atoms with Crippen molar-refractivity contribution >= 4 is 0 Å². The minimum Gasteiger partial charge on any atom is -0.379 e. The van der Waals surface area contributed by atoms with Gasteiger partial charge in [0, 0.05) is 19.2 Å². The number of fused-ring (bicyclic) bond motifs is 1. The van der Waals surface area contributed by atoms with Gasteiger partial charge < -0.3 is 14.8 Å². The topological polar surface area (TPSA) is 30.5 Å². The molecule has 2 fully saturated rings. The molecule has 0 aromatic carbocycles. The Kier molecular flexibility index (Phi) is 3.42. The van der Waals surface area contributed by atoms with Crippen LogP contribution >= 0.6 is 0 Å². The summed E-state index contributed by atoms with van der Waals surface area (Å²) in [5.41, 5.74) is 0. The quantitative estimate of drug-likeness (QED) is 0.740. The van der Waals surface area contributed by atoms with Crippen molar-refractivity contribution in [2.75, 3.05) is 19.8 Å². The fourth-order valence-electron chi connectivity index (χ4n) is 2.42. The molecule has 3 heteroatoms. The number of hydrogen-bond donors (Lipinski definition) is 1. The summed E-state index contributed by atoms with van der Waals surface area (Å²) >= 11 is 0. The van der Waals surface area contributed by atoms with E-state index in [0.29, 0.717) is 24.2 Å². The van der Waals surface area contributed by atoms with Crippen molar-refractivity contribution in [2.24, 2.45) is 5.92 Å². The van der Waals surface area contributed by atoms with Gasteiger partial charge in [-0.15, -0.1) is 0 Å². The highest BCUT2D eigenvalue weighted by atomic mass is 16.5. The van der Waals surface area contributed by atoms with Gasteiger partial charge in [-0.1, -0.05) is 0 Å². The number of rotatable bonds is 3. The molecule has 0 aromatic rings. The molecule has 0 radical (unpaired) electrons. The number of hydrogen-bond acceptors (Lipinski definition) is 3. The van der Waals surface area contributed by atoms with E-state index in [-0.39, 0.29) is 0 Å². The Hall–Kier alpha value is -0.120. The van der Waals surface area contributed by atoms with E-state index in [1.807, 2.05) is 0 Å². The van der Waals surface area contributed by atoms with Gasteiger partial charge in [0.15, 0.2) is 0 Å². The Morgan fingerprint density at radius 3 is 3.00 bits per heavy atom. The first-order valence-electron chi connectivity index (χ1n) is 5.72. The molecule has 1 aliphatic heterocycles. The van der Waals surface area contributed by atoms with Crippen LogP contribution in [-0.2, 0) is 9.47 Å². The standard InChI is InChI=1S/C11H21NO2/c1-8(2)14-7-9-5-10-11(6-9)13-4-3-12-10/h8-12H,3-7H2,1-2H3. The van der Waals surface area contributed by atoms with E-state index in [2.05, 4.69) is 19.2 Å². The average molecular weight is 199 g/mol. The van der Waals surface area contributed by atoms with E-state index in [1.165, 1.54) is 12.8 Å². The Morgan fingerprint density at radius 1 is 1.43 bits per heavy atom. The smallest absolute Gasteiger partial charge is 0.0732 e. The van der Waals surface area contributed by atoms with Crippen LogP contribution in [0.1, 0.15) is 26.7 Å². The summed E-state index contributed by atoms with van der Waals surface area (Å²) < 4.78 is 11.4. The van der Waals surface area contributed by atoms with E-state index in [1.54, 1.807) is 0 Å². The first kappa shape index (κ1) is 10.4. The molecule has 3 atom stereocenters. The van der Waals surface area contributed by atoms with Crippen LogP contribution in [0, 0.1) is 5.92 Å². The largest absolute Gasteiger partial charge is 0.379 e. The lowest BCUT2D eigenvalue weighted by Crippen LogP contribution is -2.44. The average Bonchev–Trinajstić information content (AvgIpc) is 2.57. The molecule has 82 valence electrons. The molecule has 3 unspecified atom stereocenters. The predicted octanol–water partition coefficient (Wildman–Crippen LogP) is 1.18. The second-order valence-electron chi connectivity index (χ2n) is 4.69. The number of nitrogens with one attached hydrogen (secondary N) is 1. The van der Waals surface area contributed by atoms with Crippen LogP contribution in [0.15, 0.2) is 0 Å². The van der Waals surface area contributed by atoms with Gasteiger partial charge in [-0.2, -0.15) is 0 Å². The predicted molar refractivity (Wildman–Crippen MR) is 55.3 cm³/mol. The van der Waals surface area contributed by atoms with Gasteiger partial charge in [-0.3, -0.25) is 0 Å². The van der Waals surface area contributed by atoms with E-state index in [4.69, 9.17) is 9.47 Å². The van der Waals surface area contributed by atoms with Crippen LogP contribution in [0.4, 0.5) is 0 Å². The highest BCUT2D eigenvalue weighted by molar-refractivity contribution is 4.91. The molecule has 2 aliphatic rings. The Balaban J connectivity index is 1.75. The molecule has 1 saturated heterocycles. The zero-order chi connectivity index (χ0) is 9.97. The van der Waals surface area contributed by atoms with Crippen LogP contribution in [0.5, 0.6) is 0 Å². The second kappa shape index (κ2) is 4.60. The highest BCUT2D eigenvalue weighted by Crippen LogP contribution is 2.30. The second-order valence-corrected chi connectivity index (χ2v) is 4.69. The lowest BCUT2D eigenvalue weighted by atomic mass is 10.1. The van der Waals surface area contributed by atoms with E-state index >= 15 is 0 Å². The minimum absolute atomic E-state index is 0.353. The normalized spacial score (nSPS) is 37.5. The van der Waals surface area contributed by atoms with Gasteiger partial charge in [0.05, 0.1) is 18.8 Å². The first-order chi connectivity index (χ1) is 6.75. The van der Waals surface area contributed by atoms with Crippen LogP contribution in [0.25, 0.3) is 0 Å². The third kappa shape index (κ3) is 2.47. The summed E-state index contributed by atoms with van der Waals surface area (Å²) in [5.74, 6) is 0.693.